The summed E-state index contributed by atoms with van der Waals surface area (Å²) in [6.07, 6.45) is 9.13. The van der Waals surface area contributed by atoms with Crippen molar-refractivity contribution in [2.75, 3.05) is 5.32 Å². The van der Waals surface area contributed by atoms with Crippen LogP contribution in [0.15, 0.2) is 59.9 Å². The summed E-state index contributed by atoms with van der Waals surface area (Å²) in [5, 5.41) is 15.5. The largest absolute Gasteiger partial charge is 0.335 e. The van der Waals surface area contributed by atoms with Crippen molar-refractivity contribution in [3.8, 4) is 33.9 Å². The number of anilines is 1. The molecule has 0 bridgehead atoms. The van der Waals surface area contributed by atoms with Crippen LogP contribution in [0.2, 0.25) is 0 Å². The third-order valence-electron chi connectivity index (χ3n) is 5.91. The molecule has 6 aromatic rings. The molecule has 0 unspecified atom stereocenters. The lowest BCUT2D eigenvalue weighted by molar-refractivity contribution is -0.117. The summed E-state index contributed by atoms with van der Waals surface area (Å²) >= 11 is 1.64. The summed E-state index contributed by atoms with van der Waals surface area (Å²) in [7, 11) is 0. The summed E-state index contributed by atoms with van der Waals surface area (Å²) in [5.74, 6) is 0.595. The predicted octanol–water partition coefficient (Wildman–Crippen LogP) is 6.06. The SMILES string of the molecule is CC(C)(C)CC(=O)Nc1cncc(-c2cc3c(-c4nc5c(-c6ccsc6)cncc5[nH]4)n[nH]c3cn2)c1. The number of pyridine rings is 3. The minimum Gasteiger partial charge on any atom is -0.335 e. The molecule has 0 atom stereocenters. The van der Waals surface area contributed by atoms with Crippen molar-refractivity contribution in [3.63, 3.8) is 0 Å². The Labute approximate surface area is 216 Å². The average molecular weight is 509 g/mol. The molecule has 0 aliphatic rings. The zero-order valence-corrected chi connectivity index (χ0v) is 21.3. The second-order valence-electron chi connectivity index (χ2n) is 10.1. The van der Waals surface area contributed by atoms with E-state index in [9.17, 15) is 4.79 Å². The van der Waals surface area contributed by atoms with Crippen LogP contribution in [-0.2, 0) is 4.79 Å². The molecular formula is C27H24N8OS. The summed E-state index contributed by atoms with van der Waals surface area (Å²) in [6.45, 7) is 6.10. The van der Waals surface area contributed by atoms with Gasteiger partial charge in [-0.3, -0.25) is 24.8 Å². The van der Waals surface area contributed by atoms with Crippen molar-refractivity contribution >= 4 is 44.9 Å². The standard InChI is InChI=1S/C27H24N8OS/c1-27(2,3)8-23(36)31-17-6-16(9-28-10-17)20-7-18-21(13-30-20)34-35-25(18)26-32-22-12-29-11-19(24(22)33-26)15-4-5-37-14-15/h4-7,9-14H,8H2,1-3H3,(H,31,36)(H,32,33)(H,34,35). The van der Waals surface area contributed by atoms with Gasteiger partial charge in [0.1, 0.15) is 11.2 Å². The number of hydrogen-bond donors (Lipinski definition) is 3. The van der Waals surface area contributed by atoms with E-state index >= 15 is 0 Å². The Morgan fingerprint density at radius 1 is 1.03 bits per heavy atom. The van der Waals surface area contributed by atoms with E-state index in [0.717, 1.165) is 38.6 Å². The van der Waals surface area contributed by atoms with Gasteiger partial charge in [0.15, 0.2) is 5.82 Å². The number of carbonyl (C=O) groups excluding carboxylic acids is 1. The van der Waals surface area contributed by atoms with Gasteiger partial charge in [-0.2, -0.15) is 16.4 Å². The molecule has 0 fully saturated rings. The Morgan fingerprint density at radius 3 is 2.70 bits per heavy atom. The van der Waals surface area contributed by atoms with E-state index in [4.69, 9.17) is 4.98 Å². The summed E-state index contributed by atoms with van der Waals surface area (Å²) in [4.78, 5) is 34.0. The van der Waals surface area contributed by atoms with Gasteiger partial charge in [-0.25, -0.2) is 4.98 Å². The van der Waals surface area contributed by atoms with Crippen molar-refractivity contribution in [1.29, 1.82) is 0 Å². The van der Waals surface area contributed by atoms with E-state index in [1.54, 1.807) is 36.1 Å². The van der Waals surface area contributed by atoms with E-state index in [1.807, 2.05) is 44.5 Å². The van der Waals surface area contributed by atoms with Crippen LogP contribution in [0.4, 0.5) is 5.69 Å². The van der Waals surface area contributed by atoms with Crippen LogP contribution in [-0.4, -0.2) is 41.0 Å². The van der Waals surface area contributed by atoms with Crippen molar-refractivity contribution in [2.45, 2.75) is 27.2 Å². The number of fused-ring (bicyclic) bond motifs is 2. The minimum absolute atomic E-state index is 0.0480. The second kappa shape index (κ2) is 8.90. The van der Waals surface area contributed by atoms with Crippen LogP contribution >= 0.6 is 11.3 Å². The molecule has 9 nitrogen and oxygen atoms in total. The maximum Gasteiger partial charge on any atom is 0.224 e. The normalized spacial score (nSPS) is 11.9. The number of H-pyrrole nitrogens is 2. The van der Waals surface area contributed by atoms with E-state index in [0.29, 0.717) is 29.3 Å². The van der Waals surface area contributed by atoms with Crippen LogP contribution in [0.1, 0.15) is 27.2 Å². The van der Waals surface area contributed by atoms with Crippen molar-refractivity contribution in [1.82, 2.24) is 35.1 Å². The lowest BCUT2D eigenvalue weighted by Crippen LogP contribution is -2.19. The molecule has 0 spiro atoms. The molecule has 0 saturated carbocycles. The van der Waals surface area contributed by atoms with Crippen LogP contribution in [0.25, 0.3) is 55.8 Å². The first-order valence-electron chi connectivity index (χ1n) is 11.8. The Kier molecular flexibility index (Phi) is 5.53. The van der Waals surface area contributed by atoms with Gasteiger partial charge in [0.05, 0.1) is 41.0 Å². The van der Waals surface area contributed by atoms with Gasteiger partial charge in [-0.1, -0.05) is 20.8 Å². The monoisotopic (exact) mass is 508 g/mol. The van der Waals surface area contributed by atoms with E-state index in [-0.39, 0.29) is 11.3 Å². The van der Waals surface area contributed by atoms with E-state index in [1.165, 1.54) is 0 Å². The first kappa shape index (κ1) is 23.0. The van der Waals surface area contributed by atoms with Gasteiger partial charge in [0, 0.05) is 35.3 Å². The Bertz CT molecular complexity index is 1740. The fourth-order valence-electron chi connectivity index (χ4n) is 4.26. The first-order chi connectivity index (χ1) is 17.8. The molecule has 0 aromatic carbocycles. The molecule has 0 aliphatic carbocycles. The lowest BCUT2D eigenvalue weighted by Gasteiger charge is -2.17. The number of nitrogens with one attached hydrogen (secondary N) is 3. The van der Waals surface area contributed by atoms with Gasteiger partial charge in [-0.15, -0.1) is 0 Å². The summed E-state index contributed by atoms with van der Waals surface area (Å²) in [6, 6.07) is 5.89. The van der Waals surface area contributed by atoms with Crippen molar-refractivity contribution < 1.29 is 4.79 Å². The Balaban J connectivity index is 1.36. The molecule has 6 rings (SSSR count). The third kappa shape index (κ3) is 4.58. The van der Waals surface area contributed by atoms with Crippen molar-refractivity contribution in [3.05, 3.63) is 59.9 Å². The lowest BCUT2D eigenvalue weighted by atomic mass is 9.92. The van der Waals surface area contributed by atoms with Gasteiger partial charge < -0.3 is 10.3 Å². The number of hydrogen-bond acceptors (Lipinski definition) is 7. The quantitative estimate of drug-likeness (QED) is 0.260. The van der Waals surface area contributed by atoms with Gasteiger partial charge in [0.25, 0.3) is 0 Å². The third-order valence-corrected chi connectivity index (χ3v) is 6.59. The molecule has 37 heavy (non-hydrogen) atoms. The second-order valence-corrected chi connectivity index (χ2v) is 10.9. The highest BCUT2D eigenvalue weighted by Crippen LogP contribution is 2.33. The van der Waals surface area contributed by atoms with Crippen LogP contribution in [0.5, 0.6) is 0 Å². The number of carbonyl (C=O) groups is 1. The number of aromatic nitrogens is 7. The molecule has 6 heterocycles. The highest BCUT2D eigenvalue weighted by Gasteiger charge is 2.18. The molecule has 0 aliphatic heterocycles. The smallest absolute Gasteiger partial charge is 0.224 e. The maximum absolute atomic E-state index is 12.4. The topological polar surface area (TPSA) is 125 Å². The first-order valence-corrected chi connectivity index (χ1v) is 12.7. The van der Waals surface area contributed by atoms with Crippen molar-refractivity contribution in [2.24, 2.45) is 5.41 Å². The molecule has 3 N–H and O–H groups in total. The number of nitrogens with zero attached hydrogens (tertiary/aromatic N) is 5. The minimum atomic E-state index is -0.101. The van der Waals surface area contributed by atoms with Gasteiger partial charge in [-0.05, 0) is 39.9 Å². The van der Waals surface area contributed by atoms with Gasteiger partial charge in [0.2, 0.25) is 5.91 Å². The highest BCUT2D eigenvalue weighted by molar-refractivity contribution is 7.08. The summed E-state index contributed by atoms with van der Waals surface area (Å²) in [5.41, 5.74) is 7.25. The van der Waals surface area contributed by atoms with Crippen LogP contribution in [0.3, 0.4) is 0 Å². The van der Waals surface area contributed by atoms with Gasteiger partial charge >= 0.3 is 0 Å². The molecule has 0 radical (unpaired) electrons. The summed E-state index contributed by atoms with van der Waals surface area (Å²) < 4.78 is 0. The number of thiophene rings is 1. The Hall–Kier alpha value is -4.44. The number of rotatable bonds is 5. The molecule has 6 aromatic heterocycles. The average Bonchev–Trinajstić information content (AvgIpc) is 3.61. The number of imidazole rings is 1. The Morgan fingerprint density at radius 2 is 1.89 bits per heavy atom. The number of aromatic amines is 2. The van der Waals surface area contributed by atoms with E-state index in [2.05, 4.69) is 46.9 Å². The predicted molar refractivity (Wildman–Crippen MR) is 146 cm³/mol. The van der Waals surface area contributed by atoms with Crippen LogP contribution in [0, 0.1) is 5.41 Å². The molecule has 10 heteroatoms. The van der Waals surface area contributed by atoms with Crippen LogP contribution < -0.4 is 5.32 Å². The zero-order chi connectivity index (χ0) is 25.6. The molecule has 0 saturated heterocycles. The maximum atomic E-state index is 12.4. The number of amides is 1. The van der Waals surface area contributed by atoms with E-state index < -0.39 is 0 Å². The molecular weight excluding hydrogens is 484 g/mol. The molecule has 1 amide bonds. The zero-order valence-electron chi connectivity index (χ0n) is 20.5. The highest BCUT2D eigenvalue weighted by atomic mass is 32.1. The molecule has 184 valence electrons. The fraction of sp³-hybridized carbons (Fsp3) is 0.185. The fourth-order valence-corrected chi connectivity index (χ4v) is 4.92.